The lowest BCUT2D eigenvalue weighted by molar-refractivity contribution is -0.119. The molecule has 0 aliphatic rings. The number of para-hydroxylation sites is 1. The first kappa shape index (κ1) is 19.7. The van der Waals surface area contributed by atoms with E-state index in [1.165, 1.54) is 0 Å². The van der Waals surface area contributed by atoms with E-state index in [1.807, 2.05) is 74.5 Å². The SMILES string of the molecule is Cc1cccc(C(=O)OCC(=O)Nc2ccccc2Sc2ccccc2)c1C. The van der Waals surface area contributed by atoms with Gasteiger partial charge in [0.1, 0.15) is 0 Å². The molecule has 0 spiro atoms. The van der Waals surface area contributed by atoms with Crippen LogP contribution in [0.25, 0.3) is 0 Å². The molecule has 5 heteroatoms. The summed E-state index contributed by atoms with van der Waals surface area (Å²) in [6, 6.07) is 22.9. The smallest absolute Gasteiger partial charge is 0.338 e. The summed E-state index contributed by atoms with van der Waals surface area (Å²) in [5, 5.41) is 2.83. The monoisotopic (exact) mass is 391 g/mol. The molecule has 0 bridgehead atoms. The summed E-state index contributed by atoms with van der Waals surface area (Å²) in [4.78, 5) is 26.6. The molecule has 1 N–H and O–H groups in total. The van der Waals surface area contributed by atoms with E-state index in [9.17, 15) is 9.59 Å². The second-order valence-electron chi connectivity index (χ2n) is 6.28. The highest BCUT2D eigenvalue weighted by molar-refractivity contribution is 7.99. The normalized spacial score (nSPS) is 10.4. The molecular weight excluding hydrogens is 370 g/mol. The first-order valence-electron chi connectivity index (χ1n) is 8.89. The summed E-state index contributed by atoms with van der Waals surface area (Å²) in [6.07, 6.45) is 0. The van der Waals surface area contributed by atoms with Crippen molar-refractivity contribution >= 4 is 29.3 Å². The van der Waals surface area contributed by atoms with Crippen molar-refractivity contribution in [3.8, 4) is 0 Å². The molecule has 3 aromatic carbocycles. The van der Waals surface area contributed by atoms with Crippen LogP contribution in [0.15, 0.2) is 82.6 Å². The Morgan fingerprint density at radius 3 is 2.39 bits per heavy atom. The number of nitrogens with one attached hydrogen (secondary N) is 1. The summed E-state index contributed by atoms with van der Waals surface area (Å²) in [6.45, 7) is 3.46. The highest BCUT2D eigenvalue weighted by Crippen LogP contribution is 2.33. The number of aryl methyl sites for hydroxylation is 1. The maximum atomic E-state index is 12.3. The fraction of sp³-hybridized carbons (Fsp3) is 0.130. The average Bonchev–Trinajstić information content (AvgIpc) is 2.70. The largest absolute Gasteiger partial charge is 0.452 e. The fourth-order valence-corrected chi connectivity index (χ4v) is 3.56. The van der Waals surface area contributed by atoms with Gasteiger partial charge in [0.15, 0.2) is 6.61 Å². The lowest BCUT2D eigenvalue weighted by Crippen LogP contribution is -2.21. The Morgan fingerprint density at radius 2 is 1.61 bits per heavy atom. The van der Waals surface area contributed by atoms with E-state index in [4.69, 9.17) is 4.74 Å². The predicted octanol–water partition coefficient (Wildman–Crippen LogP) is 5.25. The minimum atomic E-state index is -0.497. The Balaban J connectivity index is 1.62. The van der Waals surface area contributed by atoms with E-state index < -0.39 is 5.97 Å². The molecule has 0 aromatic heterocycles. The molecule has 142 valence electrons. The summed E-state index contributed by atoms with van der Waals surface area (Å²) in [5.74, 6) is -0.872. The maximum absolute atomic E-state index is 12.3. The first-order chi connectivity index (χ1) is 13.5. The molecular formula is C23H21NO3S. The molecule has 3 rings (SSSR count). The van der Waals surface area contributed by atoms with Crippen molar-refractivity contribution in [1.29, 1.82) is 0 Å². The van der Waals surface area contributed by atoms with Crippen molar-refractivity contribution in [1.82, 2.24) is 0 Å². The molecule has 3 aromatic rings. The van der Waals surface area contributed by atoms with E-state index in [0.29, 0.717) is 11.3 Å². The van der Waals surface area contributed by atoms with Crippen LogP contribution in [0.1, 0.15) is 21.5 Å². The van der Waals surface area contributed by atoms with Gasteiger partial charge in [0.2, 0.25) is 0 Å². The molecule has 0 radical (unpaired) electrons. The highest BCUT2D eigenvalue weighted by atomic mass is 32.2. The number of esters is 1. The van der Waals surface area contributed by atoms with Crippen LogP contribution in [-0.2, 0) is 9.53 Å². The van der Waals surface area contributed by atoms with Crippen LogP contribution >= 0.6 is 11.8 Å². The Kier molecular flexibility index (Phi) is 6.50. The summed E-state index contributed by atoms with van der Waals surface area (Å²) in [7, 11) is 0. The number of carbonyl (C=O) groups excluding carboxylic acids is 2. The highest BCUT2D eigenvalue weighted by Gasteiger charge is 2.14. The zero-order valence-corrected chi connectivity index (χ0v) is 16.6. The predicted molar refractivity (Wildman–Crippen MR) is 112 cm³/mol. The van der Waals surface area contributed by atoms with Crippen LogP contribution < -0.4 is 5.32 Å². The summed E-state index contributed by atoms with van der Waals surface area (Å²) < 4.78 is 5.20. The Bertz CT molecular complexity index is 986. The number of carbonyl (C=O) groups is 2. The molecule has 0 aliphatic heterocycles. The lowest BCUT2D eigenvalue weighted by atomic mass is 10.0. The van der Waals surface area contributed by atoms with Crippen molar-refractivity contribution < 1.29 is 14.3 Å². The van der Waals surface area contributed by atoms with E-state index in [0.717, 1.165) is 20.9 Å². The van der Waals surface area contributed by atoms with E-state index in [-0.39, 0.29) is 12.5 Å². The molecule has 1 amide bonds. The molecule has 4 nitrogen and oxygen atoms in total. The molecule has 0 heterocycles. The number of ether oxygens (including phenoxy) is 1. The second-order valence-corrected chi connectivity index (χ2v) is 7.40. The maximum Gasteiger partial charge on any atom is 0.338 e. The van der Waals surface area contributed by atoms with Crippen LogP contribution in [0.2, 0.25) is 0 Å². The average molecular weight is 391 g/mol. The van der Waals surface area contributed by atoms with Crippen molar-refractivity contribution in [2.75, 3.05) is 11.9 Å². The van der Waals surface area contributed by atoms with Crippen molar-refractivity contribution in [2.45, 2.75) is 23.6 Å². The van der Waals surface area contributed by atoms with E-state index in [2.05, 4.69) is 5.32 Å². The van der Waals surface area contributed by atoms with Gasteiger partial charge in [-0.25, -0.2) is 4.79 Å². The standard InChI is InChI=1S/C23H21NO3S/c1-16-9-8-12-19(17(16)2)23(26)27-15-22(25)24-20-13-6-7-14-21(20)28-18-10-4-3-5-11-18/h3-14H,15H2,1-2H3,(H,24,25). The van der Waals surface area contributed by atoms with Crippen molar-refractivity contribution in [3.05, 3.63) is 89.5 Å². The van der Waals surface area contributed by atoms with Gasteiger partial charge in [-0.2, -0.15) is 0 Å². The minimum Gasteiger partial charge on any atom is -0.452 e. The third kappa shape index (κ3) is 5.02. The molecule has 0 fully saturated rings. The molecule has 0 atom stereocenters. The zero-order valence-electron chi connectivity index (χ0n) is 15.8. The Hall–Kier alpha value is -3.05. The van der Waals surface area contributed by atoms with Gasteiger partial charge in [-0.3, -0.25) is 4.79 Å². The van der Waals surface area contributed by atoms with Crippen molar-refractivity contribution in [2.24, 2.45) is 0 Å². The van der Waals surface area contributed by atoms with Gasteiger partial charge in [0, 0.05) is 9.79 Å². The van der Waals surface area contributed by atoms with Crippen molar-refractivity contribution in [3.63, 3.8) is 0 Å². The van der Waals surface area contributed by atoms with Crippen LogP contribution in [-0.4, -0.2) is 18.5 Å². The molecule has 0 aliphatic carbocycles. The molecule has 0 saturated carbocycles. The number of hydrogen-bond donors (Lipinski definition) is 1. The van der Waals surface area contributed by atoms with Crippen LogP contribution in [0.3, 0.4) is 0 Å². The number of amides is 1. The topological polar surface area (TPSA) is 55.4 Å². The number of rotatable bonds is 6. The van der Waals surface area contributed by atoms with Crippen LogP contribution in [0.4, 0.5) is 5.69 Å². The van der Waals surface area contributed by atoms with Gasteiger partial charge < -0.3 is 10.1 Å². The van der Waals surface area contributed by atoms with Crippen LogP contribution in [0, 0.1) is 13.8 Å². The molecule has 0 unspecified atom stereocenters. The minimum absolute atomic E-state index is 0.337. The van der Waals surface area contributed by atoms with E-state index >= 15 is 0 Å². The van der Waals surface area contributed by atoms with Crippen LogP contribution in [0.5, 0.6) is 0 Å². The van der Waals surface area contributed by atoms with Gasteiger partial charge in [0.25, 0.3) is 5.91 Å². The van der Waals surface area contributed by atoms with Gasteiger partial charge in [-0.05, 0) is 55.3 Å². The number of hydrogen-bond acceptors (Lipinski definition) is 4. The van der Waals surface area contributed by atoms with Gasteiger partial charge in [-0.1, -0.05) is 54.2 Å². The van der Waals surface area contributed by atoms with Gasteiger partial charge in [0.05, 0.1) is 11.3 Å². The summed E-state index contributed by atoms with van der Waals surface area (Å²) in [5.41, 5.74) is 3.03. The fourth-order valence-electron chi connectivity index (χ4n) is 2.64. The third-order valence-corrected chi connectivity index (χ3v) is 5.37. The van der Waals surface area contributed by atoms with E-state index in [1.54, 1.807) is 23.9 Å². The zero-order chi connectivity index (χ0) is 19.9. The second kappa shape index (κ2) is 9.24. The number of benzene rings is 3. The quantitative estimate of drug-likeness (QED) is 0.583. The lowest BCUT2D eigenvalue weighted by Gasteiger charge is -2.12. The Labute approximate surface area is 168 Å². The first-order valence-corrected chi connectivity index (χ1v) is 9.71. The molecule has 0 saturated heterocycles. The number of anilines is 1. The Morgan fingerprint density at radius 1 is 0.893 bits per heavy atom. The van der Waals surface area contributed by atoms with Gasteiger partial charge in [-0.15, -0.1) is 0 Å². The molecule has 28 heavy (non-hydrogen) atoms. The summed E-state index contributed by atoms with van der Waals surface area (Å²) >= 11 is 1.56. The van der Waals surface area contributed by atoms with Gasteiger partial charge >= 0.3 is 5.97 Å². The third-order valence-electron chi connectivity index (χ3n) is 4.29.